The van der Waals surface area contributed by atoms with E-state index in [4.69, 9.17) is 15.7 Å². The van der Waals surface area contributed by atoms with Crippen molar-refractivity contribution in [3.63, 3.8) is 0 Å². The van der Waals surface area contributed by atoms with Gasteiger partial charge in [0.05, 0.1) is 12.6 Å². The quantitative estimate of drug-likeness (QED) is 0.0448. The zero-order valence-electron chi connectivity index (χ0n) is 30.5. The van der Waals surface area contributed by atoms with Gasteiger partial charge in [-0.1, -0.05) is 18.2 Å². The summed E-state index contributed by atoms with van der Waals surface area (Å²) in [6, 6.07) is 5.30. The van der Waals surface area contributed by atoms with Gasteiger partial charge in [-0.2, -0.15) is 5.10 Å². The number of amides is 5. The second-order valence-electron chi connectivity index (χ2n) is 13.3. The number of nitrogens with zero attached hydrogens (tertiary/aromatic N) is 5. The monoisotopic (exact) mass is 747 g/mol. The highest BCUT2D eigenvalue weighted by Crippen LogP contribution is 2.27. The number of benzene rings is 1. The number of hydrogen-bond donors (Lipinski definition) is 7. The van der Waals surface area contributed by atoms with E-state index >= 15 is 0 Å². The lowest BCUT2D eigenvalue weighted by Crippen LogP contribution is -2.57. The number of rotatable bonds is 16. The summed E-state index contributed by atoms with van der Waals surface area (Å²) in [7, 11) is 0. The standard InChI is InChI=1S/C34H45N11O5.C2H4O2/c1-22(46)42-28(15-24-18-39-27-7-3-2-6-26(24)27)33(49)43-29(16-31(47)40-17-23-5-4-13-44(20-23)21-41-35)34(50)45(25-8-9-25)14-12-38-32(48)30-19-36-10-11-37-30;1-2(3)4/h2-3,6-7,10-11,18-19,21,23,25,28-29,39H,4-5,8-9,12-17,20,35H2,1H3,(H,38,48)(H,40,47)(H,42,46)(H,43,49);1H3,(H,3,4)/t23-,28-,29-;/m0./s1. The molecule has 5 amide bonds. The number of carbonyl (C=O) groups is 6. The molecular formula is C36H49N11O7. The van der Waals surface area contributed by atoms with Crippen molar-refractivity contribution in [3.8, 4) is 0 Å². The summed E-state index contributed by atoms with van der Waals surface area (Å²) in [5.41, 5.74) is 1.85. The van der Waals surface area contributed by atoms with Gasteiger partial charge in [0, 0.05) is 88.5 Å². The van der Waals surface area contributed by atoms with Gasteiger partial charge < -0.3 is 47.0 Å². The van der Waals surface area contributed by atoms with Crippen molar-refractivity contribution >= 4 is 52.7 Å². The number of aromatic amines is 1. The average molecular weight is 748 g/mol. The van der Waals surface area contributed by atoms with Crippen molar-refractivity contribution in [1.29, 1.82) is 0 Å². The molecule has 0 radical (unpaired) electrons. The highest BCUT2D eigenvalue weighted by atomic mass is 16.4. The average Bonchev–Trinajstić information content (AvgIpc) is 3.91. The number of para-hydroxylation sites is 1. The molecule has 2 aromatic heterocycles. The molecule has 8 N–H and O–H groups in total. The van der Waals surface area contributed by atoms with Gasteiger partial charge in [0.25, 0.3) is 11.9 Å². The van der Waals surface area contributed by atoms with E-state index in [0.717, 1.165) is 55.6 Å². The minimum Gasteiger partial charge on any atom is -0.481 e. The number of carboxylic acid groups (broad SMARTS) is 1. The molecule has 18 nitrogen and oxygen atoms in total. The van der Waals surface area contributed by atoms with Gasteiger partial charge in [-0.3, -0.25) is 33.8 Å². The van der Waals surface area contributed by atoms with Crippen LogP contribution >= 0.6 is 0 Å². The van der Waals surface area contributed by atoms with E-state index in [9.17, 15) is 24.0 Å². The van der Waals surface area contributed by atoms with E-state index in [0.29, 0.717) is 13.1 Å². The van der Waals surface area contributed by atoms with E-state index in [-0.39, 0.29) is 43.6 Å². The SMILES string of the molecule is CC(=O)N[C@@H](Cc1c[nH]c2ccccc12)C(=O)N[C@@H](CC(=O)NC[C@@H]1CCCN(C=NN)C1)C(=O)N(CCNC(=O)c1cnccn1)C1CC1.CC(=O)O. The first kappa shape index (κ1) is 40.7. The highest BCUT2D eigenvalue weighted by Gasteiger charge is 2.38. The Balaban J connectivity index is 0.00000155. The second-order valence-corrected chi connectivity index (χ2v) is 13.3. The van der Waals surface area contributed by atoms with Crippen LogP contribution in [0.5, 0.6) is 0 Å². The summed E-state index contributed by atoms with van der Waals surface area (Å²) in [4.78, 5) is 89.9. The number of nitrogens with two attached hydrogens (primary N) is 1. The van der Waals surface area contributed by atoms with Crippen molar-refractivity contribution in [1.82, 2.24) is 46.0 Å². The first-order valence-electron chi connectivity index (χ1n) is 17.9. The minimum atomic E-state index is -1.22. The Morgan fingerprint density at radius 2 is 1.83 bits per heavy atom. The fourth-order valence-electron chi connectivity index (χ4n) is 6.28. The lowest BCUT2D eigenvalue weighted by Gasteiger charge is -2.31. The molecule has 0 bridgehead atoms. The number of aromatic nitrogens is 3. The molecule has 2 fully saturated rings. The van der Waals surface area contributed by atoms with Crippen molar-refractivity contribution in [2.75, 3.05) is 32.7 Å². The summed E-state index contributed by atoms with van der Waals surface area (Å²) in [5.74, 6) is 2.38. The number of nitrogens with one attached hydrogen (secondary N) is 5. The Labute approximate surface area is 312 Å². The first-order chi connectivity index (χ1) is 25.9. The molecule has 3 atom stereocenters. The summed E-state index contributed by atoms with van der Waals surface area (Å²) >= 11 is 0. The first-order valence-corrected chi connectivity index (χ1v) is 17.9. The van der Waals surface area contributed by atoms with Gasteiger partial charge in [-0.15, -0.1) is 0 Å². The Morgan fingerprint density at radius 3 is 2.52 bits per heavy atom. The molecule has 1 aliphatic carbocycles. The van der Waals surface area contributed by atoms with E-state index in [1.165, 1.54) is 25.5 Å². The van der Waals surface area contributed by atoms with Gasteiger partial charge in [0.1, 0.15) is 24.1 Å². The lowest BCUT2D eigenvalue weighted by atomic mass is 9.98. The molecule has 3 aromatic rings. The third kappa shape index (κ3) is 12.9. The predicted molar refractivity (Wildman–Crippen MR) is 199 cm³/mol. The fraction of sp³-hybridized carbons (Fsp3) is 0.472. The third-order valence-corrected chi connectivity index (χ3v) is 8.87. The Kier molecular flexibility index (Phi) is 15.3. The van der Waals surface area contributed by atoms with Gasteiger partial charge in [0.15, 0.2) is 0 Å². The molecule has 3 heterocycles. The molecule has 290 valence electrons. The van der Waals surface area contributed by atoms with E-state index < -0.39 is 47.6 Å². The number of fused-ring (bicyclic) bond motifs is 1. The van der Waals surface area contributed by atoms with E-state index in [2.05, 4.69) is 41.3 Å². The number of carbonyl (C=O) groups excluding carboxylic acids is 5. The van der Waals surface area contributed by atoms with Crippen molar-refractivity contribution < 1.29 is 33.9 Å². The van der Waals surface area contributed by atoms with Crippen LogP contribution in [0.4, 0.5) is 0 Å². The molecule has 1 aliphatic heterocycles. The number of carboxylic acids is 1. The van der Waals surface area contributed by atoms with Crippen LogP contribution < -0.4 is 27.1 Å². The zero-order valence-corrected chi connectivity index (χ0v) is 30.5. The van der Waals surface area contributed by atoms with Gasteiger partial charge in [0.2, 0.25) is 23.6 Å². The van der Waals surface area contributed by atoms with Crippen LogP contribution in [0.3, 0.4) is 0 Å². The molecule has 0 unspecified atom stereocenters. The molecule has 5 rings (SSSR count). The van der Waals surface area contributed by atoms with Crippen molar-refractivity contribution in [3.05, 3.63) is 60.3 Å². The second kappa shape index (κ2) is 20.2. The largest absolute Gasteiger partial charge is 0.481 e. The van der Waals surface area contributed by atoms with Crippen LogP contribution in [0, 0.1) is 5.92 Å². The summed E-state index contributed by atoms with van der Waals surface area (Å²) < 4.78 is 0. The maximum Gasteiger partial charge on any atom is 0.300 e. The summed E-state index contributed by atoms with van der Waals surface area (Å²) in [6.07, 6.45) is 10.8. The van der Waals surface area contributed by atoms with Gasteiger partial charge in [-0.25, -0.2) is 4.98 Å². The third-order valence-electron chi connectivity index (χ3n) is 8.87. The topological polar surface area (TPSA) is 257 Å². The number of piperidine rings is 1. The number of H-pyrrole nitrogens is 1. The molecule has 1 saturated heterocycles. The van der Waals surface area contributed by atoms with Gasteiger partial charge >= 0.3 is 0 Å². The van der Waals surface area contributed by atoms with E-state index in [1.807, 2.05) is 29.2 Å². The minimum absolute atomic E-state index is 0.0897. The Morgan fingerprint density at radius 1 is 1.07 bits per heavy atom. The van der Waals surface area contributed by atoms with E-state index in [1.54, 1.807) is 17.4 Å². The molecular weight excluding hydrogens is 698 g/mol. The van der Waals surface area contributed by atoms with Crippen molar-refractivity contribution in [2.24, 2.45) is 16.9 Å². The highest BCUT2D eigenvalue weighted by molar-refractivity contribution is 5.95. The maximum absolute atomic E-state index is 14.2. The maximum atomic E-state index is 14.2. The molecule has 0 spiro atoms. The number of hydrogen-bond acceptors (Lipinski definition) is 10. The Hall–Kier alpha value is -6.07. The van der Waals surface area contributed by atoms with Crippen LogP contribution in [0.2, 0.25) is 0 Å². The van der Waals surface area contributed by atoms with Gasteiger partial charge in [-0.05, 0) is 43.2 Å². The summed E-state index contributed by atoms with van der Waals surface area (Å²) in [5, 5.41) is 23.2. The Bertz CT molecular complexity index is 1780. The lowest BCUT2D eigenvalue weighted by molar-refractivity contribution is -0.139. The number of aliphatic carboxylic acids is 1. The molecule has 2 aliphatic rings. The zero-order chi connectivity index (χ0) is 39.0. The van der Waals surface area contributed by atoms with Crippen LogP contribution in [0.25, 0.3) is 10.9 Å². The van der Waals surface area contributed by atoms with Crippen LogP contribution in [0.15, 0.2) is 54.2 Å². The fourth-order valence-corrected chi connectivity index (χ4v) is 6.28. The predicted octanol–water partition coefficient (Wildman–Crippen LogP) is 0.122. The van der Waals surface area contributed by atoms with Crippen LogP contribution in [-0.2, 0) is 30.4 Å². The normalized spacial score (nSPS) is 16.3. The van der Waals surface area contributed by atoms with Crippen molar-refractivity contribution in [2.45, 2.75) is 70.5 Å². The molecule has 1 aromatic carbocycles. The smallest absolute Gasteiger partial charge is 0.300 e. The number of likely N-dealkylation sites (tertiary alicyclic amines) is 1. The molecule has 18 heteroatoms. The molecule has 1 saturated carbocycles. The summed E-state index contributed by atoms with van der Waals surface area (Å²) in [6.45, 7) is 4.60. The molecule has 54 heavy (non-hydrogen) atoms. The van der Waals surface area contributed by atoms with Crippen LogP contribution in [-0.4, -0.2) is 123 Å². The number of hydrazone groups is 1. The van der Waals surface area contributed by atoms with Crippen LogP contribution in [0.1, 0.15) is 62.0 Å².